The SMILES string of the molecule is COc1ccc([C@H]2C(C(=O)c3ccco3)=C(O)C(=O)N2CCN(C)C)cc1OC. The number of amides is 1. The molecule has 2 aromatic rings. The Morgan fingerprint density at radius 2 is 1.93 bits per heavy atom. The van der Waals surface area contributed by atoms with Gasteiger partial charge >= 0.3 is 0 Å². The molecule has 3 rings (SSSR count). The van der Waals surface area contributed by atoms with Crippen LogP contribution in [0.25, 0.3) is 0 Å². The lowest BCUT2D eigenvalue weighted by Crippen LogP contribution is -2.36. The maximum atomic E-state index is 13.1. The molecule has 29 heavy (non-hydrogen) atoms. The van der Waals surface area contributed by atoms with Crippen molar-refractivity contribution in [2.75, 3.05) is 41.4 Å². The Hall–Kier alpha value is -3.26. The first-order valence-electron chi connectivity index (χ1n) is 9.08. The van der Waals surface area contributed by atoms with E-state index in [1.807, 2.05) is 19.0 Å². The number of likely N-dealkylation sites (N-methyl/N-ethyl adjacent to an activating group) is 1. The molecule has 1 aliphatic heterocycles. The van der Waals surface area contributed by atoms with Gasteiger partial charge in [0.05, 0.1) is 32.1 Å². The van der Waals surface area contributed by atoms with Gasteiger partial charge in [-0.2, -0.15) is 0 Å². The normalized spacial score (nSPS) is 16.7. The third-order valence-corrected chi connectivity index (χ3v) is 4.80. The molecule has 1 aromatic carbocycles. The van der Waals surface area contributed by atoms with Crippen LogP contribution in [0.1, 0.15) is 22.2 Å². The van der Waals surface area contributed by atoms with Gasteiger partial charge in [-0.3, -0.25) is 9.59 Å². The van der Waals surface area contributed by atoms with Gasteiger partial charge in [0.2, 0.25) is 5.78 Å². The molecule has 1 aromatic heterocycles. The summed E-state index contributed by atoms with van der Waals surface area (Å²) in [6, 6.07) is 7.45. The van der Waals surface area contributed by atoms with E-state index in [4.69, 9.17) is 13.9 Å². The second kappa shape index (κ2) is 8.40. The van der Waals surface area contributed by atoms with Crippen LogP contribution in [0.15, 0.2) is 52.3 Å². The summed E-state index contributed by atoms with van der Waals surface area (Å²) in [5.41, 5.74) is 0.602. The smallest absolute Gasteiger partial charge is 0.290 e. The molecule has 1 N–H and O–H groups in total. The minimum atomic E-state index is -0.778. The highest BCUT2D eigenvalue weighted by atomic mass is 16.5. The molecule has 0 bridgehead atoms. The molecule has 0 unspecified atom stereocenters. The molecule has 154 valence electrons. The first kappa shape index (κ1) is 20.5. The van der Waals surface area contributed by atoms with E-state index in [-0.39, 0.29) is 11.3 Å². The van der Waals surface area contributed by atoms with Gasteiger partial charge < -0.3 is 28.8 Å². The maximum absolute atomic E-state index is 13.1. The van der Waals surface area contributed by atoms with Crippen molar-refractivity contribution < 1.29 is 28.6 Å². The zero-order valence-corrected chi connectivity index (χ0v) is 16.8. The number of hydrogen-bond acceptors (Lipinski definition) is 7. The van der Waals surface area contributed by atoms with E-state index in [2.05, 4.69) is 0 Å². The number of hydrogen-bond donors (Lipinski definition) is 1. The van der Waals surface area contributed by atoms with Gasteiger partial charge in [-0.1, -0.05) is 6.07 Å². The molecule has 0 saturated heterocycles. The minimum Gasteiger partial charge on any atom is -0.503 e. The molecule has 8 heteroatoms. The Balaban J connectivity index is 2.10. The molecular weight excluding hydrogens is 376 g/mol. The number of furan rings is 1. The third kappa shape index (κ3) is 3.84. The molecule has 0 saturated carbocycles. The molecule has 8 nitrogen and oxygen atoms in total. The summed E-state index contributed by atoms with van der Waals surface area (Å²) >= 11 is 0. The fourth-order valence-corrected chi connectivity index (χ4v) is 3.33. The van der Waals surface area contributed by atoms with Crippen molar-refractivity contribution in [3.8, 4) is 11.5 Å². The molecule has 0 radical (unpaired) electrons. The van der Waals surface area contributed by atoms with Gasteiger partial charge in [0, 0.05) is 13.1 Å². The number of aliphatic hydroxyl groups is 1. The van der Waals surface area contributed by atoms with Gasteiger partial charge in [0.1, 0.15) is 0 Å². The Labute approximate surface area is 168 Å². The Kier molecular flexibility index (Phi) is 5.93. The monoisotopic (exact) mass is 400 g/mol. The summed E-state index contributed by atoms with van der Waals surface area (Å²) in [4.78, 5) is 29.3. The quantitative estimate of drug-likeness (QED) is 0.681. The highest BCUT2D eigenvalue weighted by molar-refractivity contribution is 6.15. The van der Waals surface area contributed by atoms with E-state index < -0.39 is 23.5 Å². The third-order valence-electron chi connectivity index (χ3n) is 4.80. The van der Waals surface area contributed by atoms with Crippen LogP contribution in [0, 0.1) is 0 Å². The fourth-order valence-electron chi connectivity index (χ4n) is 3.33. The number of carbonyl (C=O) groups excluding carboxylic acids is 2. The van der Waals surface area contributed by atoms with E-state index in [1.54, 1.807) is 24.3 Å². The first-order chi connectivity index (χ1) is 13.9. The van der Waals surface area contributed by atoms with Gasteiger partial charge in [-0.05, 0) is 43.9 Å². The van der Waals surface area contributed by atoms with Crippen LogP contribution in [-0.4, -0.2) is 68.0 Å². The van der Waals surface area contributed by atoms with Crippen LogP contribution in [0.5, 0.6) is 11.5 Å². The van der Waals surface area contributed by atoms with Gasteiger partial charge in [-0.25, -0.2) is 0 Å². The van der Waals surface area contributed by atoms with Crippen LogP contribution in [0.3, 0.4) is 0 Å². The highest BCUT2D eigenvalue weighted by Crippen LogP contribution is 2.41. The second-order valence-corrected chi connectivity index (χ2v) is 6.89. The van der Waals surface area contributed by atoms with Gasteiger partial charge in [-0.15, -0.1) is 0 Å². The number of methoxy groups -OCH3 is 2. The summed E-state index contributed by atoms with van der Waals surface area (Å²) in [7, 11) is 6.80. The van der Waals surface area contributed by atoms with Crippen molar-refractivity contribution in [1.29, 1.82) is 0 Å². The van der Waals surface area contributed by atoms with E-state index in [9.17, 15) is 14.7 Å². The molecule has 1 amide bonds. The zero-order valence-electron chi connectivity index (χ0n) is 16.8. The van der Waals surface area contributed by atoms with Crippen LogP contribution < -0.4 is 9.47 Å². The number of rotatable bonds is 8. The van der Waals surface area contributed by atoms with E-state index in [0.29, 0.717) is 30.2 Å². The highest BCUT2D eigenvalue weighted by Gasteiger charge is 2.44. The number of aliphatic hydroxyl groups excluding tert-OH is 1. The number of ketones is 1. The Morgan fingerprint density at radius 3 is 2.52 bits per heavy atom. The van der Waals surface area contributed by atoms with Crippen molar-refractivity contribution in [2.45, 2.75) is 6.04 Å². The zero-order chi connectivity index (χ0) is 21.1. The second-order valence-electron chi connectivity index (χ2n) is 6.89. The number of nitrogens with zero attached hydrogens (tertiary/aromatic N) is 2. The van der Waals surface area contributed by atoms with Crippen molar-refractivity contribution in [3.05, 3.63) is 59.3 Å². The molecule has 0 aliphatic carbocycles. The molecular formula is C21H24N2O6. The van der Waals surface area contributed by atoms with E-state index in [0.717, 1.165) is 0 Å². The standard InChI is InChI=1S/C21H24N2O6/c1-22(2)9-10-23-18(13-7-8-14(27-3)16(12-13)28-4)17(20(25)21(23)26)19(24)15-6-5-11-29-15/h5-8,11-12,18,25H,9-10H2,1-4H3/t18-/m0/s1. The van der Waals surface area contributed by atoms with Crippen LogP contribution in [0.2, 0.25) is 0 Å². The molecule has 0 fully saturated rings. The first-order valence-corrected chi connectivity index (χ1v) is 9.08. The summed E-state index contributed by atoms with van der Waals surface area (Å²) in [5.74, 6) is -0.660. The predicted octanol–water partition coefficient (Wildman–Crippen LogP) is 2.44. The number of ether oxygens (including phenoxy) is 2. The lowest BCUT2D eigenvalue weighted by Gasteiger charge is -2.28. The van der Waals surface area contributed by atoms with Crippen molar-refractivity contribution >= 4 is 11.7 Å². The minimum absolute atomic E-state index is 0.0177. The van der Waals surface area contributed by atoms with Crippen molar-refractivity contribution in [2.24, 2.45) is 0 Å². The molecule has 1 atom stereocenters. The van der Waals surface area contributed by atoms with Crippen LogP contribution in [0.4, 0.5) is 0 Å². The lowest BCUT2D eigenvalue weighted by atomic mass is 9.94. The van der Waals surface area contributed by atoms with E-state index in [1.165, 1.54) is 31.4 Å². The lowest BCUT2D eigenvalue weighted by molar-refractivity contribution is -0.129. The average molecular weight is 400 g/mol. The van der Waals surface area contributed by atoms with Gasteiger partial charge in [0.15, 0.2) is 23.0 Å². The average Bonchev–Trinajstić information content (AvgIpc) is 3.33. The van der Waals surface area contributed by atoms with Crippen LogP contribution in [-0.2, 0) is 4.79 Å². The van der Waals surface area contributed by atoms with Gasteiger partial charge in [0.25, 0.3) is 5.91 Å². The fraction of sp³-hybridized carbons (Fsp3) is 0.333. The molecule has 2 heterocycles. The van der Waals surface area contributed by atoms with Crippen molar-refractivity contribution in [1.82, 2.24) is 9.80 Å². The summed E-state index contributed by atoms with van der Waals surface area (Å²) in [6.07, 6.45) is 1.37. The predicted molar refractivity (Wildman–Crippen MR) is 105 cm³/mol. The largest absolute Gasteiger partial charge is 0.503 e. The van der Waals surface area contributed by atoms with Crippen molar-refractivity contribution in [3.63, 3.8) is 0 Å². The topological polar surface area (TPSA) is 92.5 Å². The summed E-state index contributed by atoms with van der Waals surface area (Å²) in [5, 5.41) is 10.6. The van der Waals surface area contributed by atoms with E-state index >= 15 is 0 Å². The Morgan fingerprint density at radius 1 is 1.21 bits per heavy atom. The number of carbonyl (C=O) groups is 2. The molecule has 0 spiro atoms. The molecule has 1 aliphatic rings. The number of benzene rings is 1. The summed E-state index contributed by atoms with van der Waals surface area (Å²) in [6.45, 7) is 0.884. The Bertz CT molecular complexity index is 933. The maximum Gasteiger partial charge on any atom is 0.290 e. The number of Topliss-reactive ketones (excluding diaryl/α,β-unsaturated/α-hetero) is 1. The summed E-state index contributed by atoms with van der Waals surface area (Å²) < 4.78 is 15.9. The van der Waals surface area contributed by atoms with Crippen LogP contribution >= 0.6 is 0 Å².